The first-order valence-electron chi connectivity index (χ1n) is 5.84. The van der Waals surface area contributed by atoms with E-state index < -0.39 is 0 Å². The quantitative estimate of drug-likeness (QED) is 0.756. The maximum absolute atomic E-state index is 5.66. The van der Waals surface area contributed by atoms with Crippen molar-refractivity contribution >= 4 is 17.0 Å². The van der Waals surface area contributed by atoms with Gasteiger partial charge in [-0.2, -0.15) is 15.0 Å². The van der Waals surface area contributed by atoms with Crippen LogP contribution in [0.1, 0.15) is 6.92 Å². The molecule has 0 amide bonds. The van der Waals surface area contributed by atoms with E-state index in [-0.39, 0.29) is 12.0 Å². The van der Waals surface area contributed by atoms with E-state index in [0.29, 0.717) is 12.6 Å². The number of para-hydroxylation sites is 2. The van der Waals surface area contributed by atoms with Crippen LogP contribution >= 0.6 is 0 Å². The molecule has 0 aliphatic heterocycles. The number of imidazole rings is 1. The first-order valence-corrected chi connectivity index (χ1v) is 5.84. The molecule has 0 fully saturated rings. The summed E-state index contributed by atoms with van der Waals surface area (Å²) in [6.07, 6.45) is 1.65. The molecular weight excluding hydrogens is 244 g/mol. The summed E-state index contributed by atoms with van der Waals surface area (Å²) < 4.78 is 7.01. The maximum Gasteiger partial charge on any atom is 0.323 e. The standard InChI is InChI=1S/C12H12N6O/c1-2-19-12-16-10(13)15-11(17-12)18-7-14-8-5-3-4-6-9(8)18/h3-7H,2H2,1H3,(H2,13,15,16,17). The number of nitrogen functional groups attached to an aromatic ring is 1. The average molecular weight is 256 g/mol. The number of nitrogens with two attached hydrogens (primary N) is 1. The van der Waals surface area contributed by atoms with E-state index in [1.165, 1.54) is 0 Å². The number of fused-ring (bicyclic) bond motifs is 1. The first kappa shape index (κ1) is 11.4. The van der Waals surface area contributed by atoms with Crippen LogP contribution in [0.25, 0.3) is 17.0 Å². The molecule has 0 radical (unpaired) electrons. The van der Waals surface area contributed by atoms with Gasteiger partial charge in [-0.1, -0.05) is 12.1 Å². The molecule has 7 heteroatoms. The number of nitrogens with zero attached hydrogens (tertiary/aromatic N) is 5. The number of aromatic nitrogens is 5. The van der Waals surface area contributed by atoms with Gasteiger partial charge in [0.25, 0.3) is 0 Å². The Bertz CT molecular complexity index is 723. The van der Waals surface area contributed by atoms with Gasteiger partial charge in [0.15, 0.2) is 0 Å². The van der Waals surface area contributed by atoms with Gasteiger partial charge in [-0.15, -0.1) is 0 Å². The van der Waals surface area contributed by atoms with Gasteiger partial charge < -0.3 is 10.5 Å². The zero-order valence-electron chi connectivity index (χ0n) is 10.3. The minimum absolute atomic E-state index is 0.117. The predicted molar refractivity (Wildman–Crippen MR) is 70.0 cm³/mol. The topological polar surface area (TPSA) is 91.7 Å². The fourth-order valence-electron chi connectivity index (χ4n) is 1.78. The van der Waals surface area contributed by atoms with Gasteiger partial charge in [0.05, 0.1) is 17.6 Å². The molecule has 0 spiro atoms. The van der Waals surface area contributed by atoms with Crippen LogP contribution in [0.4, 0.5) is 5.95 Å². The van der Waals surface area contributed by atoms with Crippen molar-refractivity contribution < 1.29 is 4.74 Å². The summed E-state index contributed by atoms with van der Waals surface area (Å²) in [5.41, 5.74) is 7.42. The van der Waals surface area contributed by atoms with Gasteiger partial charge in [0.2, 0.25) is 11.9 Å². The van der Waals surface area contributed by atoms with Crippen LogP contribution in [-0.4, -0.2) is 31.1 Å². The molecule has 0 saturated heterocycles. The fraction of sp³-hybridized carbons (Fsp3) is 0.167. The zero-order valence-corrected chi connectivity index (χ0v) is 10.3. The van der Waals surface area contributed by atoms with Crippen molar-refractivity contribution in [3.05, 3.63) is 30.6 Å². The van der Waals surface area contributed by atoms with Crippen LogP contribution in [0, 0.1) is 0 Å². The Labute approximate surface area is 109 Å². The van der Waals surface area contributed by atoms with Crippen molar-refractivity contribution in [2.45, 2.75) is 6.92 Å². The minimum Gasteiger partial charge on any atom is -0.464 e. The van der Waals surface area contributed by atoms with Crippen LogP contribution in [0.2, 0.25) is 0 Å². The first-order chi connectivity index (χ1) is 9.28. The van der Waals surface area contributed by atoms with Crippen molar-refractivity contribution in [2.75, 3.05) is 12.3 Å². The van der Waals surface area contributed by atoms with Gasteiger partial charge in [-0.3, -0.25) is 4.57 Å². The van der Waals surface area contributed by atoms with Crippen LogP contribution < -0.4 is 10.5 Å². The van der Waals surface area contributed by atoms with Crippen molar-refractivity contribution in [3.8, 4) is 12.0 Å². The summed E-state index contributed by atoms with van der Waals surface area (Å²) in [5, 5.41) is 0. The van der Waals surface area contributed by atoms with Crippen molar-refractivity contribution in [3.63, 3.8) is 0 Å². The molecule has 0 saturated carbocycles. The van der Waals surface area contributed by atoms with Crippen molar-refractivity contribution in [2.24, 2.45) is 0 Å². The highest BCUT2D eigenvalue weighted by Crippen LogP contribution is 2.16. The molecule has 3 aromatic rings. The largest absolute Gasteiger partial charge is 0.464 e. The lowest BCUT2D eigenvalue weighted by Crippen LogP contribution is -2.08. The second kappa shape index (κ2) is 4.52. The third kappa shape index (κ3) is 2.05. The molecule has 2 N–H and O–H groups in total. The molecule has 2 heterocycles. The van der Waals surface area contributed by atoms with Crippen LogP contribution in [-0.2, 0) is 0 Å². The Balaban J connectivity index is 2.15. The number of hydrogen-bond donors (Lipinski definition) is 1. The number of rotatable bonds is 3. The van der Waals surface area contributed by atoms with E-state index in [4.69, 9.17) is 10.5 Å². The van der Waals surface area contributed by atoms with E-state index in [9.17, 15) is 0 Å². The highest BCUT2D eigenvalue weighted by molar-refractivity contribution is 5.76. The molecule has 0 atom stereocenters. The molecule has 7 nitrogen and oxygen atoms in total. The third-order valence-corrected chi connectivity index (χ3v) is 2.56. The second-order valence-corrected chi connectivity index (χ2v) is 3.81. The molecule has 2 aromatic heterocycles. The Morgan fingerprint density at radius 3 is 2.89 bits per heavy atom. The Hall–Kier alpha value is -2.70. The number of hydrogen-bond acceptors (Lipinski definition) is 6. The Morgan fingerprint density at radius 2 is 2.05 bits per heavy atom. The second-order valence-electron chi connectivity index (χ2n) is 3.81. The van der Waals surface area contributed by atoms with Gasteiger partial charge in [-0.25, -0.2) is 4.98 Å². The van der Waals surface area contributed by atoms with E-state index in [0.717, 1.165) is 11.0 Å². The molecule has 0 bridgehead atoms. The van der Waals surface area contributed by atoms with E-state index in [1.54, 1.807) is 10.9 Å². The molecule has 96 valence electrons. The molecule has 0 unspecified atom stereocenters. The highest BCUT2D eigenvalue weighted by Gasteiger charge is 2.10. The fourth-order valence-corrected chi connectivity index (χ4v) is 1.78. The van der Waals surface area contributed by atoms with Crippen LogP contribution in [0.15, 0.2) is 30.6 Å². The summed E-state index contributed by atoms with van der Waals surface area (Å²) >= 11 is 0. The average Bonchev–Trinajstić information content (AvgIpc) is 2.82. The highest BCUT2D eigenvalue weighted by atomic mass is 16.5. The number of benzene rings is 1. The lowest BCUT2D eigenvalue weighted by Gasteiger charge is -2.05. The van der Waals surface area contributed by atoms with Crippen LogP contribution in [0.3, 0.4) is 0 Å². The Kier molecular flexibility index (Phi) is 2.71. The number of ether oxygens (including phenoxy) is 1. The Morgan fingerprint density at radius 1 is 1.21 bits per heavy atom. The lowest BCUT2D eigenvalue weighted by atomic mass is 10.3. The van der Waals surface area contributed by atoms with Gasteiger partial charge in [-0.05, 0) is 19.1 Å². The van der Waals surface area contributed by atoms with Crippen molar-refractivity contribution in [1.29, 1.82) is 0 Å². The SMILES string of the molecule is CCOc1nc(N)nc(-n2cnc3ccccc32)n1. The molecule has 0 aliphatic rings. The molecule has 3 rings (SSSR count). The maximum atomic E-state index is 5.66. The molecule has 0 aliphatic carbocycles. The van der Waals surface area contributed by atoms with E-state index >= 15 is 0 Å². The summed E-state index contributed by atoms with van der Waals surface area (Å²) in [5.74, 6) is 0.510. The molecule has 1 aromatic carbocycles. The third-order valence-electron chi connectivity index (χ3n) is 2.56. The summed E-state index contributed by atoms with van der Waals surface area (Å²) in [6.45, 7) is 2.32. The smallest absolute Gasteiger partial charge is 0.323 e. The monoisotopic (exact) mass is 256 g/mol. The van der Waals surface area contributed by atoms with Crippen LogP contribution in [0.5, 0.6) is 6.01 Å². The number of anilines is 1. The zero-order chi connectivity index (χ0) is 13.2. The summed E-state index contributed by atoms with van der Waals surface area (Å²) in [6, 6.07) is 7.91. The molecular formula is C12H12N6O. The summed E-state index contributed by atoms with van der Waals surface area (Å²) in [4.78, 5) is 16.5. The van der Waals surface area contributed by atoms with E-state index in [1.807, 2.05) is 31.2 Å². The minimum atomic E-state index is 0.117. The normalized spacial score (nSPS) is 10.8. The van der Waals surface area contributed by atoms with Crippen molar-refractivity contribution in [1.82, 2.24) is 24.5 Å². The lowest BCUT2D eigenvalue weighted by molar-refractivity contribution is 0.311. The van der Waals surface area contributed by atoms with Gasteiger partial charge in [0, 0.05) is 0 Å². The van der Waals surface area contributed by atoms with Gasteiger partial charge in [0.1, 0.15) is 6.33 Å². The molecule has 19 heavy (non-hydrogen) atoms. The summed E-state index contributed by atoms with van der Waals surface area (Å²) in [7, 11) is 0. The van der Waals surface area contributed by atoms with E-state index in [2.05, 4.69) is 19.9 Å². The predicted octanol–water partition coefficient (Wildman–Crippen LogP) is 1.19. The van der Waals surface area contributed by atoms with Gasteiger partial charge >= 0.3 is 6.01 Å².